The van der Waals surface area contributed by atoms with Crippen molar-refractivity contribution in [3.05, 3.63) is 92.0 Å². The maximum Gasteiger partial charge on any atom is 0.333 e. The smallest absolute Gasteiger partial charge is 0.333 e. The van der Waals surface area contributed by atoms with E-state index in [1.807, 2.05) is 0 Å². The molecule has 0 aliphatic carbocycles. The number of carbonyl (C=O) groups is 1. The monoisotopic (exact) mass is 412 g/mol. The van der Waals surface area contributed by atoms with E-state index in [4.69, 9.17) is 11.6 Å². The van der Waals surface area contributed by atoms with Gasteiger partial charge in [-0.3, -0.25) is 9.59 Å². The number of benzene rings is 2. The summed E-state index contributed by atoms with van der Waals surface area (Å²) in [7, 11) is 1.60. The number of halogens is 2. The van der Waals surface area contributed by atoms with E-state index in [9.17, 15) is 18.8 Å². The summed E-state index contributed by atoms with van der Waals surface area (Å²) in [5.41, 5.74) is -0.166. The van der Waals surface area contributed by atoms with Crippen LogP contribution in [0.5, 0.6) is 0 Å². The van der Waals surface area contributed by atoms with Crippen molar-refractivity contribution in [1.29, 1.82) is 0 Å². The average molecular weight is 413 g/mol. The number of aromatic nitrogens is 3. The Morgan fingerprint density at radius 1 is 1.14 bits per heavy atom. The highest BCUT2D eigenvalue weighted by molar-refractivity contribution is 6.31. The summed E-state index contributed by atoms with van der Waals surface area (Å²) < 4.78 is 15.8. The molecule has 0 fully saturated rings. The third-order valence-electron chi connectivity index (χ3n) is 4.46. The molecule has 2 aromatic carbocycles. The molecule has 0 unspecified atom stereocenters. The highest BCUT2D eigenvalue weighted by atomic mass is 35.5. The van der Waals surface area contributed by atoms with Crippen LogP contribution in [0.2, 0.25) is 5.02 Å². The molecule has 0 aliphatic heterocycles. The Morgan fingerprint density at radius 2 is 1.86 bits per heavy atom. The number of aromatic amines is 1. The van der Waals surface area contributed by atoms with Crippen LogP contribution in [-0.4, -0.2) is 20.0 Å². The average Bonchev–Trinajstić information content (AvgIpc) is 3.02. The summed E-state index contributed by atoms with van der Waals surface area (Å²) in [6, 6.07) is 12.2. The summed E-state index contributed by atoms with van der Waals surface area (Å²) in [5, 5.41) is 2.44. The van der Waals surface area contributed by atoms with E-state index in [-0.39, 0.29) is 27.3 Å². The zero-order valence-electron chi connectivity index (χ0n) is 15.1. The number of nitrogens with one attached hydrogen (secondary N) is 2. The molecule has 7 nitrogen and oxygen atoms in total. The van der Waals surface area contributed by atoms with Gasteiger partial charge < -0.3 is 14.9 Å². The van der Waals surface area contributed by atoms with Gasteiger partial charge >= 0.3 is 5.69 Å². The summed E-state index contributed by atoms with van der Waals surface area (Å²) in [6.07, 6.45) is 1.44. The Hall–Kier alpha value is -3.65. The van der Waals surface area contributed by atoms with Crippen molar-refractivity contribution in [3.63, 3.8) is 0 Å². The van der Waals surface area contributed by atoms with E-state index in [1.165, 1.54) is 22.9 Å². The number of carbonyl (C=O) groups excluding carboxylic acids is 1. The first-order valence-corrected chi connectivity index (χ1v) is 8.91. The Balaban J connectivity index is 1.83. The van der Waals surface area contributed by atoms with Gasteiger partial charge in [-0.1, -0.05) is 29.8 Å². The molecule has 29 heavy (non-hydrogen) atoms. The number of para-hydroxylation sites is 1. The lowest BCUT2D eigenvalue weighted by atomic mass is 10.2. The highest BCUT2D eigenvalue weighted by Crippen LogP contribution is 2.21. The molecule has 0 saturated heterocycles. The maximum absolute atomic E-state index is 13.3. The second-order valence-corrected chi connectivity index (χ2v) is 6.77. The minimum Gasteiger partial charge on any atom is -0.344 e. The number of fused-ring (bicyclic) bond motifs is 1. The normalized spacial score (nSPS) is 11.0. The highest BCUT2D eigenvalue weighted by Gasteiger charge is 2.20. The Labute approximate surface area is 168 Å². The number of amides is 1. The first kappa shape index (κ1) is 18.7. The number of aryl methyl sites for hydroxylation is 1. The molecular weight excluding hydrogens is 399 g/mol. The minimum absolute atomic E-state index is 0.0948. The Bertz CT molecular complexity index is 1370. The van der Waals surface area contributed by atoms with Crippen LogP contribution in [0.4, 0.5) is 10.1 Å². The molecule has 4 rings (SSSR count). The number of H-pyrrole nitrogens is 1. The summed E-state index contributed by atoms with van der Waals surface area (Å²) in [5.74, 6) is -1.19. The number of anilines is 1. The van der Waals surface area contributed by atoms with Crippen LogP contribution in [0, 0.1) is 5.82 Å². The largest absolute Gasteiger partial charge is 0.344 e. The third kappa shape index (κ3) is 3.23. The lowest BCUT2D eigenvalue weighted by Gasteiger charge is -2.07. The van der Waals surface area contributed by atoms with Crippen LogP contribution in [0.25, 0.3) is 16.7 Å². The minimum atomic E-state index is -0.668. The van der Waals surface area contributed by atoms with Gasteiger partial charge in [-0.05, 0) is 30.3 Å². The number of rotatable bonds is 3. The third-order valence-corrected chi connectivity index (χ3v) is 4.75. The van der Waals surface area contributed by atoms with E-state index in [2.05, 4.69) is 10.3 Å². The van der Waals surface area contributed by atoms with Crippen LogP contribution in [0.1, 0.15) is 10.4 Å². The zero-order chi connectivity index (χ0) is 20.7. The topological polar surface area (TPSA) is 88.9 Å². The molecule has 0 atom stereocenters. The van der Waals surface area contributed by atoms with Gasteiger partial charge in [0, 0.05) is 18.9 Å². The maximum atomic E-state index is 13.3. The molecule has 9 heteroatoms. The lowest BCUT2D eigenvalue weighted by Crippen LogP contribution is -2.34. The van der Waals surface area contributed by atoms with Gasteiger partial charge in [-0.15, -0.1) is 0 Å². The van der Waals surface area contributed by atoms with Crippen LogP contribution in [0.15, 0.2) is 64.3 Å². The summed E-state index contributed by atoms with van der Waals surface area (Å²) in [6.45, 7) is 0. The van der Waals surface area contributed by atoms with Gasteiger partial charge in [0.2, 0.25) is 0 Å². The fourth-order valence-electron chi connectivity index (χ4n) is 3.13. The van der Waals surface area contributed by atoms with E-state index >= 15 is 0 Å². The molecule has 2 heterocycles. The molecule has 0 radical (unpaired) electrons. The molecule has 0 aliphatic rings. The Kier molecular flexibility index (Phi) is 4.56. The molecule has 1 amide bonds. The van der Waals surface area contributed by atoms with Crippen molar-refractivity contribution in [2.75, 3.05) is 5.32 Å². The van der Waals surface area contributed by atoms with Gasteiger partial charge in [0.25, 0.3) is 11.5 Å². The lowest BCUT2D eigenvalue weighted by molar-refractivity contribution is 0.102. The number of hydrogen-bond acceptors (Lipinski definition) is 3. The van der Waals surface area contributed by atoms with Gasteiger partial charge in [0.1, 0.15) is 11.3 Å². The zero-order valence-corrected chi connectivity index (χ0v) is 15.8. The van der Waals surface area contributed by atoms with E-state index in [0.717, 1.165) is 10.6 Å². The summed E-state index contributed by atoms with van der Waals surface area (Å²) in [4.78, 5) is 40.9. The fourth-order valence-corrected chi connectivity index (χ4v) is 3.31. The van der Waals surface area contributed by atoms with Crippen molar-refractivity contribution in [1.82, 2.24) is 14.1 Å². The number of hydrogen-bond donors (Lipinski definition) is 2. The fraction of sp³-hybridized carbons (Fsp3) is 0.0500. The molecule has 2 N–H and O–H groups in total. The van der Waals surface area contributed by atoms with Gasteiger partial charge in [0.15, 0.2) is 0 Å². The van der Waals surface area contributed by atoms with Gasteiger partial charge in [0.05, 0.1) is 21.8 Å². The quantitative estimate of drug-likeness (QED) is 0.542. The van der Waals surface area contributed by atoms with Crippen LogP contribution in [-0.2, 0) is 7.05 Å². The first-order valence-electron chi connectivity index (χ1n) is 8.53. The van der Waals surface area contributed by atoms with Crippen molar-refractivity contribution < 1.29 is 9.18 Å². The van der Waals surface area contributed by atoms with Crippen molar-refractivity contribution in [3.8, 4) is 5.69 Å². The van der Waals surface area contributed by atoms with Crippen LogP contribution in [0.3, 0.4) is 0 Å². The molecule has 2 aromatic heterocycles. The van der Waals surface area contributed by atoms with Crippen molar-refractivity contribution >= 4 is 34.2 Å². The summed E-state index contributed by atoms with van der Waals surface area (Å²) >= 11 is 5.74. The standard InChI is InChI=1S/C20H14ClFN4O3/c1-25-10-13(18(27)23-11-7-8-15(22)14(21)9-11)16-17(25)19(28)26(20(29)24-16)12-5-3-2-4-6-12/h2-10H,1H3,(H,23,27)(H,24,29). The van der Waals surface area contributed by atoms with E-state index in [1.54, 1.807) is 37.4 Å². The second kappa shape index (κ2) is 7.06. The second-order valence-electron chi connectivity index (χ2n) is 6.37. The van der Waals surface area contributed by atoms with Crippen molar-refractivity contribution in [2.45, 2.75) is 0 Å². The molecule has 0 bridgehead atoms. The molecule has 0 spiro atoms. The molecule has 146 valence electrons. The van der Waals surface area contributed by atoms with E-state index < -0.39 is 23.0 Å². The number of nitrogens with zero attached hydrogens (tertiary/aromatic N) is 2. The predicted molar refractivity (Wildman–Crippen MR) is 108 cm³/mol. The Morgan fingerprint density at radius 3 is 2.55 bits per heavy atom. The van der Waals surface area contributed by atoms with Crippen molar-refractivity contribution in [2.24, 2.45) is 7.05 Å². The van der Waals surface area contributed by atoms with Gasteiger partial charge in [-0.25, -0.2) is 13.8 Å². The molecular formula is C20H14ClFN4O3. The van der Waals surface area contributed by atoms with Crippen LogP contribution < -0.4 is 16.6 Å². The van der Waals surface area contributed by atoms with Gasteiger partial charge in [-0.2, -0.15) is 0 Å². The van der Waals surface area contributed by atoms with E-state index in [0.29, 0.717) is 5.69 Å². The first-order chi connectivity index (χ1) is 13.9. The predicted octanol–water partition coefficient (Wildman–Crippen LogP) is 3.06. The SMILES string of the molecule is Cn1cc(C(=O)Nc2ccc(F)c(Cl)c2)c2[nH]c(=O)n(-c3ccccc3)c(=O)c21. The molecule has 0 saturated carbocycles. The molecule has 4 aromatic rings. The van der Waals surface area contributed by atoms with Crippen LogP contribution >= 0.6 is 11.6 Å².